The Morgan fingerprint density at radius 3 is 2.32 bits per heavy atom. The van der Waals surface area contributed by atoms with Crippen molar-refractivity contribution in [3.05, 3.63) is 53.6 Å². The molecule has 1 aliphatic rings. The molecule has 2 amide bonds. The highest BCUT2D eigenvalue weighted by molar-refractivity contribution is 6.30. The molecule has 1 aliphatic carbocycles. The van der Waals surface area contributed by atoms with Crippen LogP contribution in [0.4, 0.5) is 17.1 Å². The summed E-state index contributed by atoms with van der Waals surface area (Å²) >= 11 is 5.91. The summed E-state index contributed by atoms with van der Waals surface area (Å²) in [6, 6.07) is 13.9. The van der Waals surface area contributed by atoms with Crippen molar-refractivity contribution >= 4 is 40.5 Å². The second-order valence-electron chi connectivity index (χ2n) is 6.21. The Kier molecular flexibility index (Phi) is 5.24. The lowest BCUT2D eigenvalue weighted by Gasteiger charge is -2.16. The van der Waals surface area contributed by atoms with Crippen LogP contribution in [0.3, 0.4) is 0 Å². The molecular formula is C19H20ClN3O2. The highest BCUT2D eigenvalue weighted by Gasteiger charge is 2.29. The van der Waals surface area contributed by atoms with Crippen LogP contribution in [-0.4, -0.2) is 17.9 Å². The first-order valence-corrected chi connectivity index (χ1v) is 8.63. The predicted octanol–water partition coefficient (Wildman–Crippen LogP) is 4.13. The molecule has 3 N–H and O–H groups in total. The first kappa shape index (κ1) is 17.3. The van der Waals surface area contributed by atoms with Crippen LogP contribution in [0.15, 0.2) is 48.5 Å². The topological polar surface area (TPSA) is 70.2 Å². The van der Waals surface area contributed by atoms with Gasteiger partial charge in [0.1, 0.15) is 6.04 Å². The second kappa shape index (κ2) is 7.57. The van der Waals surface area contributed by atoms with Gasteiger partial charge < -0.3 is 16.0 Å². The first-order valence-electron chi connectivity index (χ1n) is 8.25. The van der Waals surface area contributed by atoms with E-state index in [9.17, 15) is 9.59 Å². The minimum absolute atomic E-state index is 0.0787. The van der Waals surface area contributed by atoms with Gasteiger partial charge in [-0.25, -0.2) is 0 Å². The van der Waals surface area contributed by atoms with Crippen molar-refractivity contribution < 1.29 is 9.59 Å². The zero-order chi connectivity index (χ0) is 17.8. The quantitative estimate of drug-likeness (QED) is 0.728. The number of carbonyl (C=O) groups excluding carboxylic acids is 2. The van der Waals surface area contributed by atoms with Crippen molar-refractivity contribution in [3.8, 4) is 0 Å². The average molecular weight is 358 g/mol. The van der Waals surface area contributed by atoms with Crippen molar-refractivity contribution in [1.82, 2.24) is 0 Å². The van der Waals surface area contributed by atoms with Crippen molar-refractivity contribution in [2.24, 2.45) is 5.92 Å². The lowest BCUT2D eigenvalue weighted by Crippen LogP contribution is -2.31. The molecule has 0 bridgehead atoms. The lowest BCUT2D eigenvalue weighted by atomic mass is 10.2. The van der Waals surface area contributed by atoms with E-state index in [4.69, 9.17) is 11.6 Å². The van der Waals surface area contributed by atoms with E-state index in [0.717, 1.165) is 24.2 Å². The normalized spacial score (nSPS) is 14.5. The Labute approximate surface area is 151 Å². The fraction of sp³-hybridized carbons (Fsp3) is 0.263. The second-order valence-corrected chi connectivity index (χ2v) is 6.64. The summed E-state index contributed by atoms with van der Waals surface area (Å²) in [5.41, 5.74) is 2.22. The third-order valence-corrected chi connectivity index (χ3v) is 4.20. The summed E-state index contributed by atoms with van der Waals surface area (Å²) in [5, 5.41) is 9.41. The summed E-state index contributed by atoms with van der Waals surface area (Å²) in [4.78, 5) is 24.0. The standard InChI is InChI=1S/C19H20ClN3O2/c1-12(18(24)23-17-4-2-3-14(20)11-17)21-15-7-9-16(10-8-15)22-19(25)13-5-6-13/h2-4,7-13,21H,5-6H2,1H3,(H,22,25)(H,23,24)/t12-/m1/s1. The van der Waals surface area contributed by atoms with E-state index < -0.39 is 6.04 Å². The molecule has 130 valence electrons. The van der Waals surface area contributed by atoms with Gasteiger partial charge in [0, 0.05) is 28.0 Å². The number of halogens is 1. The number of amides is 2. The molecule has 3 rings (SSSR count). The maximum Gasteiger partial charge on any atom is 0.246 e. The monoisotopic (exact) mass is 357 g/mol. The van der Waals surface area contributed by atoms with Crippen molar-refractivity contribution in [2.75, 3.05) is 16.0 Å². The SMILES string of the molecule is C[C@@H](Nc1ccc(NC(=O)C2CC2)cc1)C(=O)Nc1cccc(Cl)c1. The molecule has 1 fully saturated rings. The summed E-state index contributed by atoms with van der Waals surface area (Å²) < 4.78 is 0. The molecular weight excluding hydrogens is 338 g/mol. The molecule has 0 spiro atoms. The van der Waals surface area contributed by atoms with Gasteiger partial charge in [-0.1, -0.05) is 17.7 Å². The molecule has 0 radical (unpaired) electrons. The predicted molar refractivity (Wildman–Crippen MR) is 101 cm³/mol. The first-order chi connectivity index (χ1) is 12.0. The number of anilines is 3. The van der Waals surface area contributed by atoms with Crippen molar-refractivity contribution in [3.63, 3.8) is 0 Å². The van der Waals surface area contributed by atoms with E-state index in [2.05, 4.69) is 16.0 Å². The van der Waals surface area contributed by atoms with Crippen LogP contribution in [0, 0.1) is 5.92 Å². The fourth-order valence-corrected chi connectivity index (χ4v) is 2.56. The molecule has 25 heavy (non-hydrogen) atoms. The molecule has 5 nitrogen and oxygen atoms in total. The molecule has 0 aromatic heterocycles. The van der Waals surface area contributed by atoms with Gasteiger partial charge in [-0.2, -0.15) is 0 Å². The van der Waals surface area contributed by atoms with E-state index in [1.54, 1.807) is 31.2 Å². The highest BCUT2D eigenvalue weighted by atomic mass is 35.5. The van der Waals surface area contributed by atoms with Gasteiger partial charge in [-0.3, -0.25) is 9.59 Å². The van der Waals surface area contributed by atoms with E-state index in [-0.39, 0.29) is 17.7 Å². The maximum absolute atomic E-state index is 12.2. The molecule has 0 saturated heterocycles. The summed E-state index contributed by atoms with van der Waals surface area (Å²) in [6.07, 6.45) is 1.95. The zero-order valence-corrected chi connectivity index (χ0v) is 14.6. The van der Waals surface area contributed by atoms with Gasteiger partial charge in [-0.15, -0.1) is 0 Å². The largest absolute Gasteiger partial charge is 0.374 e. The number of rotatable bonds is 6. The molecule has 0 unspecified atom stereocenters. The Hall–Kier alpha value is -2.53. The third-order valence-electron chi connectivity index (χ3n) is 3.97. The molecule has 1 atom stereocenters. The molecule has 0 heterocycles. The maximum atomic E-state index is 12.2. The average Bonchev–Trinajstić information content (AvgIpc) is 3.41. The van der Waals surface area contributed by atoms with Crippen molar-refractivity contribution in [1.29, 1.82) is 0 Å². The van der Waals surface area contributed by atoms with Crippen LogP contribution < -0.4 is 16.0 Å². The molecule has 2 aromatic carbocycles. The van der Waals surface area contributed by atoms with Crippen LogP contribution in [-0.2, 0) is 9.59 Å². The van der Waals surface area contributed by atoms with Gasteiger partial charge in [0.15, 0.2) is 0 Å². The number of nitrogens with one attached hydrogen (secondary N) is 3. The molecule has 0 aliphatic heterocycles. The minimum Gasteiger partial charge on any atom is -0.374 e. The van der Waals surface area contributed by atoms with Gasteiger partial charge in [0.25, 0.3) is 0 Å². The zero-order valence-electron chi connectivity index (χ0n) is 13.9. The smallest absolute Gasteiger partial charge is 0.246 e. The fourth-order valence-electron chi connectivity index (χ4n) is 2.37. The van der Waals surface area contributed by atoms with E-state index >= 15 is 0 Å². The Bertz CT molecular complexity index is 772. The number of hydrogen-bond donors (Lipinski definition) is 3. The van der Waals surface area contributed by atoms with Gasteiger partial charge in [0.05, 0.1) is 0 Å². The van der Waals surface area contributed by atoms with Crippen LogP contribution in [0.1, 0.15) is 19.8 Å². The van der Waals surface area contributed by atoms with Crippen LogP contribution in [0.5, 0.6) is 0 Å². The number of benzene rings is 2. The van der Waals surface area contributed by atoms with E-state index in [0.29, 0.717) is 10.7 Å². The summed E-state index contributed by atoms with van der Waals surface area (Å²) in [7, 11) is 0. The Morgan fingerprint density at radius 2 is 1.68 bits per heavy atom. The van der Waals surface area contributed by atoms with Crippen LogP contribution in [0.2, 0.25) is 5.02 Å². The number of carbonyl (C=O) groups is 2. The Balaban J connectivity index is 1.53. The molecule has 6 heteroatoms. The summed E-state index contributed by atoms with van der Waals surface area (Å²) in [6.45, 7) is 1.78. The van der Waals surface area contributed by atoms with E-state index in [1.165, 1.54) is 0 Å². The van der Waals surface area contributed by atoms with Crippen molar-refractivity contribution in [2.45, 2.75) is 25.8 Å². The van der Waals surface area contributed by atoms with E-state index in [1.807, 2.05) is 24.3 Å². The Morgan fingerprint density at radius 1 is 1.00 bits per heavy atom. The third kappa shape index (κ3) is 4.97. The lowest BCUT2D eigenvalue weighted by molar-refractivity contribution is -0.117. The van der Waals surface area contributed by atoms with Gasteiger partial charge in [0.2, 0.25) is 11.8 Å². The number of hydrogen-bond acceptors (Lipinski definition) is 3. The van der Waals surface area contributed by atoms with Gasteiger partial charge in [-0.05, 0) is 62.2 Å². The summed E-state index contributed by atoms with van der Waals surface area (Å²) in [5.74, 6) is 0.0939. The van der Waals surface area contributed by atoms with Crippen LogP contribution >= 0.6 is 11.6 Å². The molecule has 2 aromatic rings. The van der Waals surface area contributed by atoms with Crippen LogP contribution in [0.25, 0.3) is 0 Å². The highest BCUT2D eigenvalue weighted by Crippen LogP contribution is 2.30. The minimum atomic E-state index is -0.425. The van der Waals surface area contributed by atoms with Gasteiger partial charge >= 0.3 is 0 Å². The molecule has 1 saturated carbocycles.